The Labute approximate surface area is 247 Å². The lowest BCUT2D eigenvalue weighted by Gasteiger charge is -2.42. The zero-order valence-electron chi connectivity index (χ0n) is 26.3. The van der Waals surface area contributed by atoms with Gasteiger partial charge in [-0.1, -0.05) is 48.5 Å². The Morgan fingerprint density at radius 1 is 0.341 bits per heavy atom. The summed E-state index contributed by atoms with van der Waals surface area (Å²) in [6.45, 7) is 19.9. The van der Waals surface area contributed by atoms with Gasteiger partial charge in [-0.3, -0.25) is 0 Å². The van der Waals surface area contributed by atoms with Crippen molar-refractivity contribution in [1.29, 1.82) is 0 Å². The van der Waals surface area contributed by atoms with Crippen molar-refractivity contribution in [3.05, 3.63) is 138 Å². The molecule has 216 valence electrons. The molecule has 0 heterocycles. The zero-order chi connectivity index (χ0) is 30.2. The third kappa shape index (κ3) is 4.73. The third-order valence-corrected chi connectivity index (χ3v) is 10.1. The molecule has 4 heteroatoms. The number of rotatable bonds is 8. The second kappa shape index (κ2) is 11.9. The Morgan fingerprint density at radius 2 is 0.537 bits per heavy atom. The summed E-state index contributed by atoms with van der Waals surface area (Å²) in [6, 6.07) is 18.1. The molecule has 0 aromatic heterocycles. The normalized spacial score (nSPS) is 11.8. The van der Waals surface area contributed by atoms with Gasteiger partial charge < -0.3 is 22.9 Å². The molecule has 4 aromatic rings. The maximum Gasteiger partial charge on any atom is 0.0712 e. The molecule has 0 radical (unpaired) electrons. The van der Waals surface area contributed by atoms with E-state index in [-0.39, 0.29) is 0 Å². The Hall–Kier alpha value is -3.28. The Morgan fingerprint density at radius 3 is 0.707 bits per heavy atom. The van der Waals surface area contributed by atoms with Crippen LogP contribution in [0.15, 0.2) is 48.5 Å². The molecule has 4 rings (SSSR count). The molecule has 4 nitrogen and oxygen atoms in total. The van der Waals surface area contributed by atoms with Gasteiger partial charge in [0.05, 0.1) is 5.41 Å². The Balaban J connectivity index is 2.37. The molecular weight excluding hydrogens is 500 g/mol. The predicted molar refractivity (Wildman–Crippen MR) is 174 cm³/mol. The van der Waals surface area contributed by atoms with Gasteiger partial charge in [0.15, 0.2) is 0 Å². The van der Waals surface area contributed by atoms with Crippen molar-refractivity contribution in [3.63, 3.8) is 0 Å². The van der Waals surface area contributed by atoms with E-state index in [1.54, 1.807) is 0 Å². The van der Waals surface area contributed by atoms with Crippen LogP contribution in [0.4, 0.5) is 0 Å². The summed E-state index contributed by atoms with van der Waals surface area (Å²) in [6.07, 6.45) is 0. The highest BCUT2D eigenvalue weighted by Crippen LogP contribution is 2.51. The van der Waals surface area contributed by atoms with Crippen LogP contribution in [-0.4, -0.2) is 0 Å². The molecule has 0 fully saturated rings. The second-order valence-electron chi connectivity index (χ2n) is 11.7. The lowest BCUT2D eigenvalue weighted by Crippen LogP contribution is -2.36. The largest absolute Gasteiger partial charge is 0.326 e. The average molecular weight is 549 g/mol. The van der Waals surface area contributed by atoms with Crippen LogP contribution >= 0.6 is 0 Å². The fourth-order valence-corrected chi connectivity index (χ4v) is 6.89. The van der Waals surface area contributed by atoms with Crippen LogP contribution < -0.4 is 22.9 Å². The van der Waals surface area contributed by atoms with Gasteiger partial charge in [0.2, 0.25) is 0 Å². The number of nitrogens with two attached hydrogens (primary N) is 4. The molecule has 0 atom stereocenters. The van der Waals surface area contributed by atoms with E-state index < -0.39 is 5.41 Å². The van der Waals surface area contributed by atoms with Gasteiger partial charge >= 0.3 is 0 Å². The summed E-state index contributed by atoms with van der Waals surface area (Å²) in [4.78, 5) is 0. The van der Waals surface area contributed by atoms with Crippen LogP contribution in [0.25, 0.3) is 0 Å². The smallest absolute Gasteiger partial charge is 0.0712 e. The highest BCUT2D eigenvalue weighted by molar-refractivity contribution is 5.69. The lowest BCUT2D eigenvalue weighted by molar-refractivity contribution is 0.710. The topological polar surface area (TPSA) is 104 Å². The molecule has 0 aliphatic carbocycles. The molecule has 0 unspecified atom stereocenters. The lowest BCUT2D eigenvalue weighted by atomic mass is 9.59. The minimum atomic E-state index is -0.603. The minimum Gasteiger partial charge on any atom is -0.326 e. The Kier molecular flexibility index (Phi) is 8.91. The molecule has 0 spiro atoms. The maximum atomic E-state index is 6.20. The first-order chi connectivity index (χ1) is 19.5. The molecular formula is C37H48N4. The van der Waals surface area contributed by atoms with Crippen molar-refractivity contribution in [2.75, 3.05) is 0 Å². The molecule has 0 aliphatic heterocycles. The molecule has 4 aromatic carbocycles. The van der Waals surface area contributed by atoms with Gasteiger partial charge in [-0.25, -0.2) is 0 Å². The standard InChI is InChI=1S/C37H48N4/c1-21-25(5)33(13-9-29(21)17-38)37(34-14-10-30(18-39)22(2)26(34)6,35-15-11-31(19-40)23(3)27(35)7)36-16-12-32(20-41)24(4)28(36)8/h9-16H,17-20,38-41H2,1-8H3. The molecule has 0 amide bonds. The van der Waals surface area contributed by atoms with Crippen molar-refractivity contribution < 1.29 is 0 Å². The molecule has 0 saturated heterocycles. The van der Waals surface area contributed by atoms with Gasteiger partial charge in [0, 0.05) is 26.2 Å². The predicted octanol–water partition coefficient (Wildman–Crippen LogP) is 6.37. The third-order valence-electron chi connectivity index (χ3n) is 10.1. The monoisotopic (exact) mass is 548 g/mol. The first-order valence-electron chi connectivity index (χ1n) is 14.7. The molecule has 0 saturated carbocycles. The van der Waals surface area contributed by atoms with Gasteiger partial charge in [0.25, 0.3) is 0 Å². The summed E-state index contributed by atoms with van der Waals surface area (Å²) < 4.78 is 0. The van der Waals surface area contributed by atoms with Crippen LogP contribution in [0.5, 0.6) is 0 Å². The van der Waals surface area contributed by atoms with Crippen LogP contribution in [0.2, 0.25) is 0 Å². The van der Waals surface area contributed by atoms with Gasteiger partial charge in [0.1, 0.15) is 0 Å². The van der Waals surface area contributed by atoms with Gasteiger partial charge in [-0.05, 0) is 144 Å². The van der Waals surface area contributed by atoms with E-state index in [1.807, 2.05) is 0 Å². The molecule has 8 N–H and O–H groups in total. The molecule has 0 bridgehead atoms. The number of benzene rings is 4. The fourth-order valence-electron chi connectivity index (χ4n) is 6.89. The van der Waals surface area contributed by atoms with Gasteiger partial charge in [-0.2, -0.15) is 0 Å². The van der Waals surface area contributed by atoms with E-state index in [0.29, 0.717) is 26.2 Å². The van der Waals surface area contributed by atoms with Gasteiger partial charge in [-0.15, -0.1) is 0 Å². The number of hydrogen-bond acceptors (Lipinski definition) is 4. The van der Waals surface area contributed by atoms with E-state index in [2.05, 4.69) is 104 Å². The van der Waals surface area contributed by atoms with Crippen LogP contribution in [-0.2, 0) is 31.6 Å². The summed E-state index contributed by atoms with van der Waals surface area (Å²) >= 11 is 0. The van der Waals surface area contributed by atoms with E-state index in [9.17, 15) is 0 Å². The van der Waals surface area contributed by atoms with Crippen molar-refractivity contribution in [2.24, 2.45) is 22.9 Å². The van der Waals surface area contributed by atoms with Crippen LogP contribution in [0.3, 0.4) is 0 Å². The van der Waals surface area contributed by atoms with Crippen molar-refractivity contribution in [1.82, 2.24) is 0 Å². The van der Waals surface area contributed by atoms with E-state index in [1.165, 1.54) is 89.0 Å². The SMILES string of the molecule is Cc1c(CN)ccc(C(c2ccc(CN)c(C)c2C)(c2ccc(CN)c(C)c2C)c2ccc(CN)c(C)c2C)c1C. The highest BCUT2D eigenvalue weighted by atomic mass is 14.6. The molecule has 0 aliphatic rings. The summed E-state index contributed by atoms with van der Waals surface area (Å²) in [5, 5.41) is 0. The summed E-state index contributed by atoms with van der Waals surface area (Å²) in [5.74, 6) is 0. The first kappa shape index (κ1) is 30.7. The average Bonchev–Trinajstić information content (AvgIpc) is 2.97. The van der Waals surface area contributed by atoms with Crippen LogP contribution in [0, 0.1) is 55.4 Å². The zero-order valence-corrected chi connectivity index (χ0v) is 26.3. The fraction of sp³-hybridized carbons (Fsp3) is 0.351. The van der Waals surface area contributed by atoms with Crippen molar-refractivity contribution in [3.8, 4) is 0 Å². The highest BCUT2D eigenvalue weighted by Gasteiger charge is 2.43. The molecule has 41 heavy (non-hydrogen) atoms. The Bertz CT molecular complexity index is 1370. The second-order valence-corrected chi connectivity index (χ2v) is 11.7. The minimum absolute atomic E-state index is 0.510. The van der Waals surface area contributed by atoms with Crippen LogP contribution in [0.1, 0.15) is 89.0 Å². The van der Waals surface area contributed by atoms with Crippen molar-refractivity contribution >= 4 is 0 Å². The maximum absolute atomic E-state index is 6.20. The van der Waals surface area contributed by atoms with Crippen molar-refractivity contribution in [2.45, 2.75) is 87.0 Å². The first-order valence-corrected chi connectivity index (χ1v) is 14.7. The summed E-state index contributed by atoms with van der Waals surface area (Å²) in [7, 11) is 0. The van der Waals surface area contributed by atoms with E-state index >= 15 is 0 Å². The van der Waals surface area contributed by atoms with E-state index in [0.717, 1.165) is 0 Å². The van der Waals surface area contributed by atoms with E-state index in [4.69, 9.17) is 22.9 Å². The summed E-state index contributed by atoms with van der Waals surface area (Å²) in [5.41, 5.74) is 43.9. The quantitative estimate of drug-likeness (QED) is 0.192. The number of hydrogen-bond donors (Lipinski definition) is 4.